The lowest BCUT2D eigenvalue weighted by Crippen LogP contribution is -2.40. The van der Waals surface area contributed by atoms with Crippen LogP contribution >= 0.6 is 11.6 Å². The third-order valence-corrected chi connectivity index (χ3v) is 10.1. The molecular formula is C33H40ClN5O2. The second-order valence-electron chi connectivity index (χ2n) is 12.0. The second kappa shape index (κ2) is 11.3. The molecule has 3 atom stereocenters. The van der Waals surface area contributed by atoms with Crippen LogP contribution in [0, 0.1) is 17.3 Å². The third-order valence-electron chi connectivity index (χ3n) is 9.83. The van der Waals surface area contributed by atoms with E-state index in [-0.39, 0.29) is 11.2 Å². The van der Waals surface area contributed by atoms with Crippen LogP contribution in [0.1, 0.15) is 37.4 Å². The maximum Gasteiger partial charge on any atom is 0.318 e. The van der Waals surface area contributed by atoms with E-state index in [2.05, 4.69) is 59.5 Å². The number of nitrogens with zero attached hydrogens (tertiary/aromatic N) is 5. The molecule has 1 aliphatic carbocycles. The van der Waals surface area contributed by atoms with Gasteiger partial charge in [-0.15, -0.1) is 0 Å². The van der Waals surface area contributed by atoms with Gasteiger partial charge in [-0.3, -0.25) is 4.79 Å². The number of aromatic nitrogens is 2. The van der Waals surface area contributed by atoms with Crippen molar-refractivity contribution in [2.24, 2.45) is 17.3 Å². The number of methoxy groups -OCH3 is 1. The third kappa shape index (κ3) is 4.97. The van der Waals surface area contributed by atoms with Crippen LogP contribution in [0.3, 0.4) is 0 Å². The van der Waals surface area contributed by atoms with E-state index in [0.717, 1.165) is 65.5 Å². The first-order chi connectivity index (χ1) is 19.9. The van der Waals surface area contributed by atoms with Crippen LogP contribution in [0.4, 0.5) is 11.5 Å². The monoisotopic (exact) mass is 573 g/mol. The van der Waals surface area contributed by atoms with Gasteiger partial charge in [0.2, 0.25) is 0 Å². The van der Waals surface area contributed by atoms with Crippen molar-refractivity contribution in [3.63, 3.8) is 0 Å². The Morgan fingerprint density at radius 2 is 1.85 bits per heavy atom. The predicted molar refractivity (Wildman–Crippen MR) is 166 cm³/mol. The van der Waals surface area contributed by atoms with Crippen LogP contribution in [-0.2, 0) is 17.8 Å². The maximum absolute atomic E-state index is 12.6. The Hall–Kier alpha value is -3.16. The summed E-state index contributed by atoms with van der Waals surface area (Å²) in [6, 6.07) is 12.7. The highest BCUT2D eigenvalue weighted by Gasteiger charge is 2.67. The molecule has 3 aliphatic heterocycles. The number of ketones is 1. The van der Waals surface area contributed by atoms with E-state index in [0.29, 0.717) is 24.4 Å². The van der Waals surface area contributed by atoms with Gasteiger partial charge in [0.1, 0.15) is 5.82 Å². The number of fused-ring (bicyclic) bond motifs is 3. The molecule has 41 heavy (non-hydrogen) atoms. The van der Waals surface area contributed by atoms with E-state index < -0.39 is 0 Å². The van der Waals surface area contributed by atoms with Crippen LogP contribution in [0.5, 0.6) is 6.01 Å². The fourth-order valence-corrected chi connectivity index (χ4v) is 7.66. The van der Waals surface area contributed by atoms with Gasteiger partial charge in [0, 0.05) is 41.7 Å². The van der Waals surface area contributed by atoms with Gasteiger partial charge >= 0.3 is 6.01 Å². The average Bonchev–Trinajstić information content (AvgIpc) is 3.30. The molecule has 0 N–H and O–H groups in total. The molecular weight excluding hydrogens is 534 g/mol. The van der Waals surface area contributed by atoms with Crippen molar-refractivity contribution >= 4 is 39.7 Å². The minimum absolute atomic E-state index is 0.196. The van der Waals surface area contributed by atoms with Gasteiger partial charge in [-0.2, -0.15) is 9.97 Å². The van der Waals surface area contributed by atoms with Gasteiger partial charge in [0.15, 0.2) is 5.78 Å². The number of carbonyl (C=O) groups is 1. The zero-order chi connectivity index (χ0) is 28.7. The number of allylic oxidation sites excluding steroid dienone is 1. The lowest BCUT2D eigenvalue weighted by atomic mass is 9.89. The summed E-state index contributed by atoms with van der Waals surface area (Å²) in [5, 5.41) is 2.96. The minimum Gasteiger partial charge on any atom is -0.467 e. The standard InChI is InChI=1S/C28H29ClN4O2.C5H11N/c1-4-24(34)28-12-14-33(15-20(28)17(28)2)26-19-11-13-32(16-22(19)30-27(31-26)35-3)23-10-6-8-18-7-5-9-21(29)25(18)23;1-6-4-2-3-5-6/h4-10,17,20H,1,11-16H2,2-3H3;2-5H2,1H3/t17-,20?,28?;/m1./s1. The van der Waals surface area contributed by atoms with E-state index in [1.807, 2.05) is 12.1 Å². The number of halogens is 1. The van der Waals surface area contributed by atoms with Gasteiger partial charge in [-0.1, -0.05) is 49.4 Å². The lowest BCUT2D eigenvalue weighted by molar-refractivity contribution is -0.120. The first-order valence-corrected chi connectivity index (χ1v) is 15.2. The molecule has 0 amide bonds. The fraction of sp³-hybridized carbons (Fsp3) is 0.485. The smallest absolute Gasteiger partial charge is 0.318 e. The van der Waals surface area contributed by atoms with Gasteiger partial charge in [-0.05, 0) is 81.3 Å². The highest BCUT2D eigenvalue weighted by atomic mass is 35.5. The number of piperidine rings is 1. The molecule has 0 bridgehead atoms. The zero-order valence-corrected chi connectivity index (χ0v) is 25.2. The second-order valence-corrected chi connectivity index (χ2v) is 12.4. The summed E-state index contributed by atoms with van der Waals surface area (Å²) >= 11 is 6.62. The molecule has 4 aliphatic rings. The average molecular weight is 574 g/mol. The van der Waals surface area contributed by atoms with E-state index in [4.69, 9.17) is 26.3 Å². The topological polar surface area (TPSA) is 61.8 Å². The summed E-state index contributed by atoms with van der Waals surface area (Å²) in [6.45, 7) is 11.7. The minimum atomic E-state index is -0.222. The van der Waals surface area contributed by atoms with Gasteiger partial charge in [-0.25, -0.2) is 0 Å². The van der Waals surface area contributed by atoms with Crippen molar-refractivity contribution in [3.8, 4) is 6.01 Å². The van der Waals surface area contributed by atoms with E-state index in [1.54, 1.807) is 7.11 Å². The van der Waals surface area contributed by atoms with Gasteiger partial charge in [0.25, 0.3) is 0 Å². The molecule has 2 saturated heterocycles. The van der Waals surface area contributed by atoms with Crippen LogP contribution < -0.4 is 14.5 Å². The van der Waals surface area contributed by atoms with E-state index >= 15 is 0 Å². The number of anilines is 2. The van der Waals surface area contributed by atoms with Crippen molar-refractivity contribution in [2.45, 2.75) is 39.2 Å². The van der Waals surface area contributed by atoms with Gasteiger partial charge < -0.3 is 19.4 Å². The van der Waals surface area contributed by atoms with Crippen molar-refractivity contribution < 1.29 is 9.53 Å². The summed E-state index contributed by atoms with van der Waals surface area (Å²) in [7, 11) is 3.79. The molecule has 0 radical (unpaired) electrons. The van der Waals surface area contributed by atoms with Crippen molar-refractivity contribution in [3.05, 3.63) is 65.3 Å². The molecule has 0 spiro atoms. The molecule has 216 valence electrons. The van der Waals surface area contributed by atoms with Crippen LogP contribution in [0.15, 0.2) is 49.1 Å². The number of carbonyl (C=O) groups excluding carboxylic acids is 1. The highest BCUT2D eigenvalue weighted by Crippen LogP contribution is 2.64. The number of rotatable bonds is 5. The Bertz CT molecular complexity index is 1470. The summed E-state index contributed by atoms with van der Waals surface area (Å²) < 4.78 is 5.52. The largest absolute Gasteiger partial charge is 0.467 e. The van der Waals surface area contributed by atoms with Crippen molar-refractivity contribution in [1.82, 2.24) is 14.9 Å². The molecule has 8 heteroatoms. The van der Waals surface area contributed by atoms with Crippen molar-refractivity contribution in [1.29, 1.82) is 0 Å². The fourth-order valence-electron chi connectivity index (χ4n) is 7.38. The number of benzene rings is 2. The first-order valence-electron chi connectivity index (χ1n) is 14.8. The SMILES string of the molecule is C=CC(=O)C12CCN(c3nc(OC)nc4c3CCN(c3cccc5cccc(Cl)c35)C4)CC1[C@H]2C.CN1CCCC1. The summed E-state index contributed by atoms with van der Waals surface area (Å²) in [6.07, 6.45) is 6.01. The number of ether oxygens (including phenoxy) is 1. The summed E-state index contributed by atoms with van der Waals surface area (Å²) in [5.74, 6) is 1.88. The molecule has 2 aromatic carbocycles. The molecule has 4 heterocycles. The number of hydrogen-bond donors (Lipinski definition) is 0. The molecule has 2 unspecified atom stereocenters. The maximum atomic E-state index is 12.6. The Morgan fingerprint density at radius 3 is 2.51 bits per heavy atom. The van der Waals surface area contributed by atoms with Crippen LogP contribution in [0.2, 0.25) is 5.02 Å². The lowest BCUT2D eigenvalue weighted by Gasteiger charge is -2.36. The Kier molecular flexibility index (Phi) is 7.68. The molecule has 1 saturated carbocycles. The van der Waals surface area contributed by atoms with Crippen molar-refractivity contribution in [2.75, 3.05) is 56.7 Å². The zero-order valence-electron chi connectivity index (χ0n) is 24.4. The quantitative estimate of drug-likeness (QED) is 0.358. The van der Waals surface area contributed by atoms with Crippen LogP contribution in [-0.4, -0.2) is 67.5 Å². The predicted octanol–water partition coefficient (Wildman–Crippen LogP) is 5.78. The number of hydrogen-bond acceptors (Lipinski definition) is 7. The molecule has 7 rings (SSSR count). The Labute approximate surface area is 248 Å². The summed E-state index contributed by atoms with van der Waals surface area (Å²) in [5.41, 5.74) is 3.07. The Morgan fingerprint density at radius 1 is 1.10 bits per heavy atom. The first kappa shape index (κ1) is 28.0. The van der Waals surface area contributed by atoms with Crippen LogP contribution in [0.25, 0.3) is 10.8 Å². The van der Waals surface area contributed by atoms with E-state index in [9.17, 15) is 4.79 Å². The number of likely N-dealkylation sites (tertiary alicyclic amines) is 1. The highest BCUT2D eigenvalue weighted by molar-refractivity contribution is 6.36. The Balaban J connectivity index is 0.000000449. The molecule has 3 fully saturated rings. The normalized spacial score (nSPS) is 25.2. The van der Waals surface area contributed by atoms with E-state index in [1.165, 1.54) is 37.6 Å². The molecule has 1 aromatic heterocycles. The molecule has 7 nitrogen and oxygen atoms in total. The molecule has 3 aromatic rings. The summed E-state index contributed by atoms with van der Waals surface area (Å²) in [4.78, 5) is 29.2. The van der Waals surface area contributed by atoms with Gasteiger partial charge in [0.05, 0.1) is 24.4 Å².